The van der Waals surface area contributed by atoms with Crippen LogP contribution in [0.3, 0.4) is 0 Å². The standard InChI is InChI=1S/C23H32O7S2.2C16H26O5S.2C8H17ClO4.C8H18O5/c1-20-3-9-23(10-4-20)32(24,25)30-16-15-28-12-11-27-13-14-29-17-18-31-19-21-5-7-22(26-2)8-6-21;2*1-18-16-4-2-15(3-5-16)14-22-13-12-21-11-10-20-9-8-19-7-6-17;3*9-1-3-11-5-7-13-8-6-12-4-2-10/h3-10H,11-19H2,1-2H3;2*2-5,17H,6-14H2,1H3;2*10H,1-8H2;9-10H,1-8H2. The van der Waals surface area contributed by atoms with Gasteiger partial charge in [-0.2, -0.15) is 43.7 Å². The number of hydrogen-bond donors (Lipinski definition) is 6. The number of aliphatic hydroxyl groups is 6. The molecule has 0 aliphatic carbocycles. The summed E-state index contributed by atoms with van der Waals surface area (Å²) in [5, 5.41) is 50.5. The molecule has 0 fully saturated rings. The Labute approximate surface area is 707 Å². The molecule has 30 nitrogen and oxygen atoms in total. The van der Waals surface area contributed by atoms with Gasteiger partial charge >= 0.3 is 0 Å². The predicted molar refractivity (Wildman–Crippen MR) is 450 cm³/mol. The number of methoxy groups -OCH3 is 3. The summed E-state index contributed by atoms with van der Waals surface area (Å²) in [4.78, 5) is 0.144. The average Bonchev–Trinajstić information content (AvgIpc) is 0.846. The molecule has 115 heavy (non-hydrogen) atoms. The molecule has 36 heteroatoms. The second-order valence-corrected chi connectivity index (χ2v) is 28.2. The minimum atomic E-state index is -3.74. The number of aryl methyl sites for hydroxylation is 1. The van der Waals surface area contributed by atoms with Crippen LogP contribution in [0.1, 0.15) is 22.3 Å². The van der Waals surface area contributed by atoms with Crippen molar-refractivity contribution in [2.75, 3.05) is 334 Å². The van der Waals surface area contributed by atoms with Crippen molar-refractivity contribution in [3.05, 3.63) is 119 Å². The largest absolute Gasteiger partial charge is 0.497 e. The maximum atomic E-state index is 12.0. The van der Waals surface area contributed by atoms with E-state index in [0.717, 1.165) is 70.5 Å². The van der Waals surface area contributed by atoms with Gasteiger partial charge in [0.15, 0.2) is 0 Å². The molecular weight excluding hydrogens is 1630 g/mol. The number of thioether (sulfide) groups is 3. The highest BCUT2D eigenvalue weighted by Crippen LogP contribution is 2.19. The summed E-state index contributed by atoms with van der Waals surface area (Å²) in [5.41, 5.74) is 4.83. The summed E-state index contributed by atoms with van der Waals surface area (Å²) < 4.78 is 138. The van der Waals surface area contributed by atoms with Crippen molar-refractivity contribution in [2.45, 2.75) is 29.1 Å². The van der Waals surface area contributed by atoms with E-state index in [-0.39, 0.29) is 57.8 Å². The van der Waals surface area contributed by atoms with Gasteiger partial charge in [-0.05, 0) is 72.1 Å². The van der Waals surface area contributed by atoms with Crippen LogP contribution < -0.4 is 14.2 Å². The van der Waals surface area contributed by atoms with Gasteiger partial charge in [0, 0.05) is 46.3 Å². The van der Waals surface area contributed by atoms with Crippen LogP contribution >= 0.6 is 58.5 Å². The Bertz CT molecular complexity index is 2480. The maximum Gasteiger partial charge on any atom is 0.297 e. The van der Waals surface area contributed by atoms with Crippen molar-refractivity contribution in [1.82, 2.24) is 0 Å². The van der Waals surface area contributed by atoms with Crippen molar-refractivity contribution >= 4 is 68.6 Å². The molecule has 6 N–H and O–H groups in total. The molecule has 0 bridgehead atoms. The number of alkyl halides is 2. The van der Waals surface area contributed by atoms with Crippen molar-refractivity contribution in [3.63, 3.8) is 0 Å². The number of hydrogen-bond acceptors (Lipinski definition) is 33. The summed E-state index contributed by atoms with van der Waals surface area (Å²) >= 11 is 16.3. The smallest absolute Gasteiger partial charge is 0.297 e. The molecule has 670 valence electrons. The Morgan fingerprint density at radius 1 is 0.261 bits per heavy atom. The normalized spacial score (nSPS) is 11.0. The first-order chi connectivity index (χ1) is 56.5. The van der Waals surface area contributed by atoms with Gasteiger partial charge in [-0.25, -0.2) is 0 Å². The van der Waals surface area contributed by atoms with Gasteiger partial charge < -0.3 is 130 Å². The minimum Gasteiger partial charge on any atom is -0.497 e. The quantitative estimate of drug-likeness (QED) is 0.0145. The summed E-state index contributed by atoms with van der Waals surface area (Å²) in [5.74, 6) is 9.41. The monoisotopic (exact) mass is 1760 g/mol. The van der Waals surface area contributed by atoms with Gasteiger partial charge in [-0.15, -0.1) is 23.2 Å². The molecule has 0 heterocycles. The second kappa shape index (κ2) is 94.7. The lowest BCUT2D eigenvalue weighted by atomic mass is 10.2. The molecular formula is C79H136Cl2O30S4. The van der Waals surface area contributed by atoms with Gasteiger partial charge in [-0.3, -0.25) is 4.18 Å². The van der Waals surface area contributed by atoms with Gasteiger partial charge in [-0.1, -0.05) is 54.1 Å². The van der Waals surface area contributed by atoms with Crippen molar-refractivity contribution in [2.24, 2.45) is 0 Å². The zero-order valence-electron chi connectivity index (χ0n) is 68.2. The van der Waals surface area contributed by atoms with E-state index in [1.54, 1.807) is 33.5 Å². The average molecular weight is 1770 g/mol. The lowest BCUT2D eigenvalue weighted by Gasteiger charge is -2.08. The van der Waals surface area contributed by atoms with E-state index in [1.807, 2.05) is 78.6 Å². The number of halogens is 2. The van der Waals surface area contributed by atoms with Gasteiger partial charge in [0.1, 0.15) is 17.2 Å². The van der Waals surface area contributed by atoms with Crippen LogP contribution in [0.2, 0.25) is 0 Å². The molecule has 0 spiro atoms. The van der Waals surface area contributed by atoms with Gasteiger partial charge in [0.25, 0.3) is 10.1 Å². The molecule has 4 rings (SSSR count). The molecule has 0 aliphatic rings. The zero-order chi connectivity index (χ0) is 84.2. The minimum absolute atomic E-state index is 0.0342. The second-order valence-electron chi connectivity index (χ2n) is 22.5. The number of benzene rings is 4. The SMILES string of the molecule is COc1ccc(CSCCOCCOCCOCCO)cc1.COc1ccc(CSCCOCCOCCOCCO)cc1.COc1ccc(CSCCOCCOCCOCCOS(=O)(=O)c2ccc(C)cc2)cc1.OCCOCCOCCOCCCl.OCCOCCOCCOCCCl.OCCOCCOCCOCCO. The Hall–Kier alpha value is -3.14. The third kappa shape index (κ3) is 84.3. The summed E-state index contributed by atoms with van der Waals surface area (Å²) in [6.07, 6.45) is 0. The fourth-order valence-electron chi connectivity index (χ4n) is 7.81. The van der Waals surface area contributed by atoms with E-state index in [4.69, 9.17) is 157 Å². The van der Waals surface area contributed by atoms with Crippen LogP contribution in [0.25, 0.3) is 0 Å². The fraction of sp³-hybridized carbons (Fsp3) is 0.696. The zero-order valence-corrected chi connectivity index (χ0v) is 72.9. The Morgan fingerprint density at radius 2 is 0.452 bits per heavy atom. The Balaban J connectivity index is 0. The van der Waals surface area contributed by atoms with E-state index < -0.39 is 10.1 Å². The van der Waals surface area contributed by atoms with Crippen LogP contribution in [0, 0.1) is 6.92 Å². The van der Waals surface area contributed by atoms with Crippen LogP contribution in [0.15, 0.2) is 102 Å². The molecule has 0 amide bonds. The van der Waals surface area contributed by atoms with Gasteiger partial charge in [0.2, 0.25) is 0 Å². The highest BCUT2D eigenvalue weighted by Gasteiger charge is 2.14. The highest BCUT2D eigenvalue weighted by atomic mass is 35.5. The van der Waals surface area contributed by atoms with E-state index in [0.29, 0.717) is 230 Å². The highest BCUT2D eigenvalue weighted by molar-refractivity contribution is 7.99. The molecule has 4 aromatic carbocycles. The molecule has 0 aromatic heterocycles. The third-order valence-corrected chi connectivity index (χ3v) is 18.1. The lowest BCUT2D eigenvalue weighted by molar-refractivity contribution is 0.00230. The summed E-state index contributed by atoms with van der Waals surface area (Å²) in [6.45, 7) is 20.3. The number of aliphatic hydroxyl groups excluding tert-OH is 6. The Kier molecular flexibility index (Phi) is 93.8. The topological polar surface area (TPSA) is 359 Å². The molecule has 0 saturated heterocycles. The molecule has 0 aliphatic heterocycles. The van der Waals surface area contributed by atoms with E-state index >= 15 is 0 Å². The molecule has 0 unspecified atom stereocenters. The van der Waals surface area contributed by atoms with E-state index in [9.17, 15) is 8.42 Å². The first-order valence-electron chi connectivity index (χ1n) is 38.2. The molecule has 0 saturated carbocycles. The van der Waals surface area contributed by atoms with Crippen LogP contribution in [0.5, 0.6) is 17.2 Å². The lowest BCUT2D eigenvalue weighted by Crippen LogP contribution is -2.14. The first-order valence-corrected chi connectivity index (χ1v) is 44.2. The molecule has 4 aromatic rings. The van der Waals surface area contributed by atoms with Crippen LogP contribution in [0.4, 0.5) is 0 Å². The van der Waals surface area contributed by atoms with Crippen LogP contribution in [-0.2, 0) is 117 Å². The summed E-state index contributed by atoms with van der Waals surface area (Å²) in [6, 6.07) is 30.8. The van der Waals surface area contributed by atoms with E-state index in [1.165, 1.54) is 28.8 Å². The fourth-order valence-corrected chi connectivity index (χ4v) is 11.3. The molecule has 0 atom stereocenters. The maximum absolute atomic E-state index is 12.0. The van der Waals surface area contributed by atoms with Gasteiger partial charge in [0.05, 0.1) is 310 Å². The van der Waals surface area contributed by atoms with Crippen molar-refractivity contribution in [1.29, 1.82) is 0 Å². The van der Waals surface area contributed by atoms with Crippen molar-refractivity contribution < 1.29 is 143 Å². The third-order valence-electron chi connectivity index (χ3n) is 13.5. The number of rotatable bonds is 75. The number of ether oxygens (including phenoxy) is 21. The summed E-state index contributed by atoms with van der Waals surface area (Å²) in [7, 11) is 1.27. The molecule has 0 radical (unpaired) electrons. The van der Waals surface area contributed by atoms with Crippen molar-refractivity contribution in [3.8, 4) is 17.2 Å². The first kappa shape index (κ1) is 114. The van der Waals surface area contributed by atoms with E-state index in [2.05, 4.69) is 36.4 Å². The Morgan fingerprint density at radius 3 is 0.652 bits per heavy atom. The predicted octanol–water partition coefficient (Wildman–Crippen LogP) is 7.19. The van der Waals surface area contributed by atoms with Crippen LogP contribution in [-0.4, -0.2) is 374 Å².